The van der Waals surface area contributed by atoms with Gasteiger partial charge in [0.2, 0.25) is 0 Å². The smallest absolute Gasteiger partial charge is 0.187 e. The van der Waals surface area contributed by atoms with E-state index in [9.17, 15) is 25.5 Å². The van der Waals surface area contributed by atoms with Crippen molar-refractivity contribution in [1.29, 1.82) is 0 Å². The van der Waals surface area contributed by atoms with Crippen molar-refractivity contribution in [3.05, 3.63) is 0 Å². The van der Waals surface area contributed by atoms with Crippen LogP contribution >= 0.6 is 0 Å². The number of hydrogen-bond donors (Lipinski definition) is 7. The van der Waals surface area contributed by atoms with Crippen molar-refractivity contribution in [2.45, 2.75) is 61.7 Å². The fourth-order valence-corrected chi connectivity index (χ4v) is 2.52. The minimum atomic E-state index is -1.61. The molecule has 4 unspecified atom stereocenters. The summed E-state index contributed by atoms with van der Waals surface area (Å²) in [5.41, 5.74) is 0. The highest BCUT2D eigenvalue weighted by atomic mass is 16.7. The molecule has 9 atom stereocenters. The highest BCUT2D eigenvalue weighted by Gasteiger charge is 2.47. The Morgan fingerprint density at radius 1 is 0.818 bits per heavy atom. The first-order chi connectivity index (χ1) is 10.4. The molecule has 0 aliphatic carbocycles. The molecule has 0 saturated carbocycles. The van der Waals surface area contributed by atoms with E-state index in [1.807, 2.05) is 0 Å². The molecule has 0 radical (unpaired) electrons. The van der Waals surface area contributed by atoms with Gasteiger partial charge in [-0.3, -0.25) is 0 Å². The second-order valence-corrected chi connectivity index (χ2v) is 5.43. The zero-order valence-corrected chi connectivity index (χ0v) is 11.7. The molecule has 10 nitrogen and oxygen atoms in total. The second kappa shape index (κ2) is 7.45. The number of aliphatic hydroxyl groups is 7. The summed E-state index contributed by atoms with van der Waals surface area (Å²) in [7, 11) is 0. The van der Waals surface area contributed by atoms with Gasteiger partial charge >= 0.3 is 0 Å². The molecule has 0 spiro atoms. The third kappa shape index (κ3) is 3.57. The molecule has 2 aliphatic rings. The van der Waals surface area contributed by atoms with Crippen LogP contribution in [0.1, 0.15) is 6.42 Å². The summed E-state index contributed by atoms with van der Waals surface area (Å²) in [6, 6.07) is 0. The molecule has 2 heterocycles. The molecule has 0 bridgehead atoms. The maximum absolute atomic E-state index is 9.86. The molecule has 2 aliphatic heterocycles. The van der Waals surface area contributed by atoms with Gasteiger partial charge in [-0.05, 0) is 0 Å². The van der Waals surface area contributed by atoms with E-state index in [1.54, 1.807) is 0 Å². The van der Waals surface area contributed by atoms with Gasteiger partial charge in [0.25, 0.3) is 0 Å². The molecule has 2 rings (SSSR count). The molecule has 2 fully saturated rings. The van der Waals surface area contributed by atoms with E-state index < -0.39 is 68.5 Å². The second-order valence-electron chi connectivity index (χ2n) is 5.43. The summed E-state index contributed by atoms with van der Waals surface area (Å²) in [4.78, 5) is 0. The van der Waals surface area contributed by atoms with Gasteiger partial charge in [0.05, 0.1) is 25.4 Å². The van der Waals surface area contributed by atoms with E-state index in [-0.39, 0.29) is 6.42 Å². The summed E-state index contributed by atoms with van der Waals surface area (Å²) in [6.07, 6.45) is -12.1. The van der Waals surface area contributed by atoms with Gasteiger partial charge in [-0.1, -0.05) is 0 Å². The van der Waals surface area contributed by atoms with Crippen molar-refractivity contribution in [2.24, 2.45) is 0 Å². The van der Waals surface area contributed by atoms with Crippen LogP contribution in [0.25, 0.3) is 0 Å². The first kappa shape index (κ1) is 17.9. The van der Waals surface area contributed by atoms with Crippen molar-refractivity contribution in [2.75, 3.05) is 13.2 Å². The fraction of sp³-hybridized carbons (Fsp3) is 1.00. The van der Waals surface area contributed by atoms with Crippen LogP contribution in [0.3, 0.4) is 0 Å². The maximum Gasteiger partial charge on any atom is 0.187 e. The lowest BCUT2D eigenvalue weighted by atomic mass is 9.98. The maximum atomic E-state index is 9.86. The van der Waals surface area contributed by atoms with Gasteiger partial charge in [-0.15, -0.1) is 0 Å². The average molecular weight is 326 g/mol. The van der Waals surface area contributed by atoms with E-state index >= 15 is 0 Å². The van der Waals surface area contributed by atoms with Gasteiger partial charge < -0.3 is 50.0 Å². The Kier molecular flexibility index (Phi) is 6.07. The molecule has 130 valence electrons. The van der Waals surface area contributed by atoms with Crippen molar-refractivity contribution in [3.63, 3.8) is 0 Å². The van der Waals surface area contributed by atoms with Crippen LogP contribution in [0.15, 0.2) is 0 Å². The van der Waals surface area contributed by atoms with Crippen LogP contribution in [-0.4, -0.2) is 104 Å². The fourth-order valence-electron chi connectivity index (χ4n) is 2.52. The zero-order chi connectivity index (χ0) is 16.4. The monoisotopic (exact) mass is 326 g/mol. The first-order valence-corrected chi connectivity index (χ1v) is 6.97. The third-order valence-electron chi connectivity index (χ3n) is 3.86. The molecular weight excluding hydrogens is 304 g/mol. The summed E-state index contributed by atoms with van der Waals surface area (Å²) in [5, 5.41) is 66.7. The van der Waals surface area contributed by atoms with Crippen LogP contribution in [0.5, 0.6) is 0 Å². The Balaban J connectivity index is 2.04. The van der Waals surface area contributed by atoms with E-state index in [1.165, 1.54) is 0 Å². The number of ether oxygens (including phenoxy) is 3. The van der Waals surface area contributed by atoms with Crippen molar-refractivity contribution in [1.82, 2.24) is 0 Å². The summed E-state index contributed by atoms with van der Waals surface area (Å²) >= 11 is 0. The van der Waals surface area contributed by atoms with Crippen LogP contribution < -0.4 is 0 Å². The normalized spacial score (nSPS) is 50.0. The quantitative estimate of drug-likeness (QED) is 0.268. The van der Waals surface area contributed by atoms with Gasteiger partial charge in [0.1, 0.15) is 30.5 Å². The Hall–Kier alpha value is -0.400. The highest BCUT2D eigenvalue weighted by Crippen LogP contribution is 2.27. The van der Waals surface area contributed by atoms with Crippen molar-refractivity contribution >= 4 is 0 Å². The zero-order valence-electron chi connectivity index (χ0n) is 11.7. The van der Waals surface area contributed by atoms with E-state index in [4.69, 9.17) is 24.4 Å². The van der Waals surface area contributed by atoms with E-state index in [2.05, 4.69) is 0 Å². The lowest BCUT2D eigenvalue weighted by molar-refractivity contribution is -0.339. The summed E-state index contributed by atoms with van der Waals surface area (Å²) in [6.45, 7) is -1.01. The molecule has 0 aromatic rings. The molecule has 0 amide bonds. The number of hydrogen-bond acceptors (Lipinski definition) is 10. The van der Waals surface area contributed by atoms with Gasteiger partial charge in [0, 0.05) is 6.42 Å². The Morgan fingerprint density at radius 2 is 1.50 bits per heavy atom. The molecule has 10 heteroatoms. The average Bonchev–Trinajstić information content (AvgIpc) is 2.51. The van der Waals surface area contributed by atoms with Crippen LogP contribution in [0.4, 0.5) is 0 Å². The van der Waals surface area contributed by atoms with Gasteiger partial charge in [-0.25, -0.2) is 0 Å². The van der Waals surface area contributed by atoms with E-state index in [0.717, 1.165) is 0 Å². The molecular formula is C12H22O10. The largest absolute Gasteiger partial charge is 0.394 e. The minimum Gasteiger partial charge on any atom is -0.394 e. The van der Waals surface area contributed by atoms with Crippen LogP contribution in [0, 0.1) is 0 Å². The Morgan fingerprint density at radius 3 is 2.09 bits per heavy atom. The van der Waals surface area contributed by atoms with Crippen molar-refractivity contribution < 1.29 is 50.0 Å². The number of rotatable bonds is 4. The van der Waals surface area contributed by atoms with Crippen molar-refractivity contribution in [3.8, 4) is 0 Å². The summed E-state index contributed by atoms with van der Waals surface area (Å²) in [5.74, 6) is 0. The van der Waals surface area contributed by atoms with Crippen LogP contribution in [0.2, 0.25) is 0 Å². The lowest BCUT2D eigenvalue weighted by Crippen LogP contribution is -2.61. The first-order valence-electron chi connectivity index (χ1n) is 6.97. The molecule has 0 aromatic carbocycles. The molecule has 7 N–H and O–H groups in total. The van der Waals surface area contributed by atoms with Gasteiger partial charge in [-0.2, -0.15) is 0 Å². The van der Waals surface area contributed by atoms with Gasteiger partial charge in [0.15, 0.2) is 12.6 Å². The molecule has 2 saturated heterocycles. The highest BCUT2D eigenvalue weighted by molar-refractivity contribution is 4.90. The standard InChI is InChI=1S/C12H22O10/c13-2-4-1-5(8(16)11(19)20-4)21-12-10(18)9(17)7(15)6(3-14)22-12/h4-19H,1-3H2/t4?,5-,6?,7+,8?,9-,10?,11+,12+/m0/s1. The summed E-state index contributed by atoms with van der Waals surface area (Å²) < 4.78 is 15.4. The minimum absolute atomic E-state index is 0.0176. The predicted molar refractivity (Wildman–Crippen MR) is 67.2 cm³/mol. The third-order valence-corrected chi connectivity index (χ3v) is 3.86. The SMILES string of the molecule is OCC1C[C@H](O[C@@H]2OC(CO)[C@@H](O)[C@H](O)C2O)C(O)[C@H](O)O1. The lowest BCUT2D eigenvalue weighted by Gasteiger charge is -2.43. The Bertz CT molecular complexity index is 353. The number of aliphatic hydroxyl groups excluding tert-OH is 7. The topological polar surface area (TPSA) is 169 Å². The van der Waals surface area contributed by atoms with Crippen LogP contribution in [-0.2, 0) is 14.2 Å². The molecule has 0 aromatic heterocycles. The predicted octanol–water partition coefficient (Wildman–Crippen LogP) is -4.37. The molecule has 22 heavy (non-hydrogen) atoms. The van der Waals surface area contributed by atoms with E-state index in [0.29, 0.717) is 0 Å². The Labute approximate surface area is 126 Å².